The lowest BCUT2D eigenvalue weighted by atomic mass is 10.0. The van der Waals surface area contributed by atoms with E-state index in [1.54, 1.807) is 6.92 Å². The van der Waals surface area contributed by atoms with E-state index in [1.807, 2.05) is 0 Å². The lowest BCUT2D eigenvalue weighted by Gasteiger charge is -2.15. The van der Waals surface area contributed by atoms with E-state index in [2.05, 4.69) is 20.5 Å². The maximum absolute atomic E-state index is 12.6. The zero-order valence-electron chi connectivity index (χ0n) is 10.4. The number of hydrogen-bond donors (Lipinski definition) is 2. The van der Waals surface area contributed by atoms with Gasteiger partial charge in [0.1, 0.15) is 6.33 Å². The molecule has 8 heteroatoms. The standard InChI is InChI=1S/C12H11F3N4O/c1-7(18-11(20)10-16-6-17-19-10)8-3-2-4-9(5-8)12(13,14)15/h2-7H,1H3,(H,18,20)(H,16,17,19). The van der Waals surface area contributed by atoms with E-state index in [4.69, 9.17) is 0 Å². The third kappa shape index (κ3) is 3.14. The number of carbonyl (C=O) groups excluding carboxylic acids is 1. The molecule has 2 N–H and O–H groups in total. The number of nitrogens with zero attached hydrogens (tertiary/aromatic N) is 2. The summed E-state index contributed by atoms with van der Waals surface area (Å²) in [5, 5.41) is 8.44. The Morgan fingerprint density at radius 1 is 1.40 bits per heavy atom. The van der Waals surface area contributed by atoms with Crippen LogP contribution in [0.15, 0.2) is 30.6 Å². The second kappa shape index (κ2) is 5.32. The number of rotatable bonds is 3. The molecule has 0 spiro atoms. The second-order valence-electron chi connectivity index (χ2n) is 4.15. The summed E-state index contributed by atoms with van der Waals surface area (Å²) in [6, 6.07) is 4.21. The molecule has 1 unspecified atom stereocenters. The number of hydrogen-bond acceptors (Lipinski definition) is 3. The molecule has 1 amide bonds. The average molecular weight is 284 g/mol. The topological polar surface area (TPSA) is 70.7 Å². The number of nitrogens with one attached hydrogen (secondary N) is 2. The van der Waals surface area contributed by atoms with E-state index in [0.717, 1.165) is 12.1 Å². The molecule has 0 fully saturated rings. The number of aromatic amines is 1. The van der Waals surface area contributed by atoms with Crippen molar-refractivity contribution in [2.24, 2.45) is 0 Å². The molecule has 5 nitrogen and oxygen atoms in total. The first-order chi connectivity index (χ1) is 9.38. The molecule has 1 aromatic carbocycles. The number of aromatic nitrogens is 3. The third-order valence-electron chi connectivity index (χ3n) is 2.69. The zero-order chi connectivity index (χ0) is 14.8. The summed E-state index contributed by atoms with van der Waals surface area (Å²) in [6.07, 6.45) is -3.24. The Labute approximate surface area is 112 Å². The van der Waals surface area contributed by atoms with Crippen LogP contribution in [-0.4, -0.2) is 21.1 Å². The lowest BCUT2D eigenvalue weighted by Crippen LogP contribution is -2.27. The number of halogens is 3. The van der Waals surface area contributed by atoms with Crippen LogP contribution in [0.4, 0.5) is 13.2 Å². The Balaban J connectivity index is 2.13. The van der Waals surface area contributed by atoms with Crippen molar-refractivity contribution >= 4 is 5.91 Å². The SMILES string of the molecule is CC(NC(=O)c1ncn[nH]1)c1cccc(C(F)(F)F)c1. The van der Waals surface area contributed by atoms with Crippen LogP contribution in [0.25, 0.3) is 0 Å². The van der Waals surface area contributed by atoms with E-state index >= 15 is 0 Å². The molecular weight excluding hydrogens is 273 g/mol. The largest absolute Gasteiger partial charge is 0.416 e. The van der Waals surface area contributed by atoms with Gasteiger partial charge in [0.05, 0.1) is 11.6 Å². The lowest BCUT2D eigenvalue weighted by molar-refractivity contribution is -0.137. The van der Waals surface area contributed by atoms with Crippen molar-refractivity contribution in [1.29, 1.82) is 0 Å². The molecule has 2 rings (SSSR count). The fourth-order valence-electron chi connectivity index (χ4n) is 1.65. The molecule has 1 heterocycles. The van der Waals surface area contributed by atoms with Crippen LogP contribution in [0, 0.1) is 0 Å². The van der Waals surface area contributed by atoms with E-state index in [1.165, 1.54) is 18.5 Å². The highest BCUT2D eigenvalue weighted by atomic mass is 19.4. The highest BCUT2D eigenvalue weighted by Crippen LogP contribution is 2.30. The zero-order valence-corrected chi connectivity index (χ0v) is 10.4. The summed E-state index contributed by atoms with van der Waals surface area (Å²) < 4.78 is 37.8. The Morgan fingerprint density at radius 3 is 2.75 bits per heavy atom. The summed E-state index contributed by atoms with van der Waals surface area (Å²) in [5.41, 5.74) is -0.400. The number of amides is 1. The molecule has 1 atom stereocenters. The molecule has 0 saturated heterocycles. The van der Waals surface area contributed by atoms with Crippen molar-refractivity contribution < 1.29 is 18.0 Å². The van der Waals surface area contributed by atoms with Gasteiger partial charge in [-0.05, 0) is 24.6 Å². The predicted octanol–water partition coefficient (Wildman–Crippen LogP) is 2.31. The summed E-state index contributed by atoms with van der Waals surface area (Å²) in [7, 11) is 0. The van der Waals surface area contributed by atoms with E-state index in [-0.39, 0.29) is 5.82 Å². The molecule has 0 aliphatic rings. The van der Waals surface area contributed by atoms with Crippen molar-refractivity contribution in [3.8, 4) is 0 Å². The molecule has 0 radical (unpaired) electrons. The molecular formula is C12H11F3N4O. The smallest absolute Gasteiger partial charge is 0.343 e. The fraction of sp³-hybridized carbons (Fsp3) is 0.250. The van der Waals surface area contributed by atoms with Crippen molar-refractivity contribution in [2.75, 3.05) is 0 Å². The molecule has 0 aliphatic carbocycles. The minimum Gasteiger partial charge on any atom is -0.343 e. The summed E-state index contributed by atoms with van der Waals surface area (Å²) in [6.45, 7) is 1.59. The minimum absolute atomic E-state index is 0.00354. The van der Waals surface area contributed by atoms with Gasteiger partial charge in [0, 0.05) is 0 Å². The monoisotopic (exact) mass is 284 g/mol. The highest BCUT2D eigenvalue weighted by molar-refractivity contribution is 5.90. The average Bonchev–Trinajstić information content (AvgIpc) is 2.91. The third-order valence-corrected chi connectivity index (χ3v) is 2.69. The molecule has 0 bridgehead atoms. The highest BCUT2D eigenvalue weighted by Gasteiger charge is 2.30. The minimum atomic E-state index is -4.41. The van der Waals surface area contributed by atoms with Crippen LogP contribution in [0.1, 0.15) is 34.7 Å². The van der Waals surface area contributed by atoms with Crippen LogP contribution >= 0.6 is 0 Å². The normalized spacial score (nSPS) is 13.0. The molecule has 0 saturated carbocycles. The van der Waals surface area contributed by atoms with Crippen molar-refractivity contribution in [3.63, 3.8) is 0 Å². The molecule has 0 aliphatic heterocycles. The summed E-state index contributed by atoms with van der Waals surface area (Å²) in [5.74, 6) is -0.531. The van der Waals surface area contributed by atoms with Crippen LogP contribution in [0.3, 0.4) is 0 Å². The summed E-state index contributed by atoms with van der Waals surface area (Å²) >= 11 is 0. The van der Waals surface area contributed by atoms with Gasteiger partial charge < -0.3 is 5.32 Å². The van der Waals surface area contributed by atoms with Gasteiger partial charge in [0.25, 0.3) is 5.91 Å². The Morgan fingerprint density at radius 2 is 2.15 bits per heavy atom. The van der Waals surface area contributed by atoms with Gasteiger partial charge in [-0.25, -0.2) is 4.98 Å². The van der Waals surface area contributed by atoms with Gasteiger partial charge in [-0.15, -0.1) is 0 Å². The molecule has 1 aromatic heterocycles. The first-order valence-corrected chi connectivity index (χ1v) is 5.71. The molecule has 20 heavy (non-hydrogen) atoms. The van der Waals surface area contributed by atoms with E-state index in [9.17, 15) is 18.0 Å². The van der Waals surface area contributed by atoms with Crippen molar-refractivity contribution in [2.45, 2.75) is 19.1 Å². The number of alkyl halides is 3. The predicted molar refractivity (Wildman–Crippen MR) is 63.7 cm³/mol. The molecule has 106 valence electrons. The Kier molecular flexibility index (Phi) is 3.73. The van der Waals surface area contributed by atoms with Gasteiger partial charge in [0.2, 0.25) is 5.82 Å². The first kappa shape index (κ1) is 14.0. The van der Waals surface area contributed by atoms with Crippen LogP contribution in [-0.2, 0) is 6.18 Å². The fourth-order valence-corrected chi connectivity index (χ4v) is 1.65. The molecule has 2 aromatic rings. The van der Waals surface area contributed by atoms with E-state index < -0.39 is 23.7 Å². The number of H-pyrrole nitrogens is 1. The second-order valence-corrected chi connectivity index (χ2v) is 4.15. The first-order valence-electron chi connectivity index (χ1n) is 5.71. The number of carbonyl (C=O) groups is 1. The maximum Gasteiger partial charge on any atom is 0.416 e. The van der Waals surface area contributed by atoms with Gasteiger partial charge in [-0.3, -0.25) is 9.89 Å². The van der Waals surface area contributed by atoms with Crippen LogP contribution in [0.5, 0.6) is 0 Å². The number of benzene rings is 1. The van der Waals surface area contributed by atoms with Crippen LogP contribution < -0.4 is 5.32 Å². The summed E-state index contributed by atoms with van der Waals surface area (Å²) in [4.78, 5) is 15.4. The quantitative estimate of drug-likeness (QED) is 0.908. The van der Waals surface area contributed by atoms with Gasteiger partial charge in [-0.1, -0.05) is 12.1 Å². The van der Waals surface area contributed by atoms with Crippen LogP contribution in [0.2, 0.25) is 0 Å². The van der Waals surface area contributed by atoms with E-state index in [0.29, 0.717) is 5.56 Å². The Bertz CT molecular complexity index is 595. The maximum atomic E-state index is 12.6. The van der Waals surface area contributed by atoms with Gasteiger partial charge in [-0.2, -0.15) is 18.3 Å². The van der Waals surface area contributed by atoms with Gasteiger partial charge >= 0.3 is 6.18 Å². The van der Waals surface area contributed by atoms with Gasteiger partial charge in [0.15, 0.2) is 0 Å². The van der Waals surface area contributed by atoms with Crippen molar-refractivity contribution in [3.05, 3.63) is 47.5 Å². The van der Waals surface area contributed by atoms with Crippen molar-refractivity contribution in [1.82, 2.24) is 20.5 Å². The Hall–Kier alpha value is -2.38.